The first-order valence-corrected chi connectivity index (χ1v) is 8.96. The van der Waals surface area contributed by atoms with Crippen molar-refractivity contribution in [3.05, 3.63) is 76.9 Å². The molecule has 4 rings (SSSR count). The molecule has 2 aromatic carbocycles. The molecular weight excluding hydrogens is 342 g/mol. The molecule has 0 aromatic heterocycles. The zero-order valence-corrected chi connectivity index (χ0v) is 15.3. The van der Waals surface area contributed by atoms with Gasteiger partial charge in [0, 0.05) is 5.92 Å². The summed E-state index contributed by atoms with van der Waals surface area (Å²) in [7, 11) is 2.77. The molecule has 0 spiro atoms. The Hall–Kier alpha value is -3.08. The van der Waals surface area contributed by atoms with Gasteiger partial charge in [0.25, 0.3) is 0 Å². The Labute approximate surface area is 158 Å². The molecule has 1 aliphatic heterocycles. The lowest BCUT2D eigenvalue weighted by atomic mass is 9.76. The van der Waals surface area contributed by atoms with Crippen molar-refractivity contribution in [1.29, 1.82) is 0 Å². The smallest absolute Gasteiger partial charge is 0.339 e. The van der Waals surface area contributed by atoms with Crippen molar-refractivity contribution in [2.45, 2.75) is 18.4 Å². The van der Waals surface area contributed by atoms with E-state index in [1.165, 1.54) is 14.2 Å². The molecule has 0 amide bonds. The molecule has 5 heteroatoms. The zero-order chi connectivity index (χ0) is 19.0. The van der Waals surface area contributed by atoms with Gasteiger partial charge in [-0.05, 0) is 41.7 Å². The molecule has 27 heavy (non-hydrogen) atoms. The molecule has 2 aliphatic rings. The number of para-hydroxylation sites is 1. The van der Waals surface area contributed by atoms with Crippen molar-refractivity contribution in [1.82, 2.24) is 0 Å². The molecule has 3 atom stereocenters. The summed E-state index contributed by atoms with van der Waals surface area (Å²) in [5, 5.41) is 3.57. The van der Waals surface area contributed by atoms with E-state index in [-0.39, 0.29) is 23.9 Å². The number of benzene rings is 2. The maximum Gasteiger partial charge on any atom is 0.339 e. The molecule has 0 saturated carbocycles. The number of nitrogens with one attached hydrogen (secondary N) is 1. The van der Waals surface area contributed by atoms with E-state index < -0.39 is 0 Å². The molecule has 0 radical (unpaired) electrons. The third-order valence-electron chi connectivity index (χ3n) is 5.49. The lowest BCUT2D eigenvalue weighted by Crippen LogP contribution is -2.30. The van der Waals surface area contributed by atoms with E-state index in [0.29, 0.717) is 17.0 Å². The Kier molecular flexibility index (Phi) is 4.44. The van der Waals surface area contributed by atoms with Gasteiger partial charge in [0.15, 0.2) is 0 Å². The standard InChI is InChI=1S/C22H21NO4/c1-26-21(24)14-11-9-13(10-12-14)19-16-6-3-5-15(16)17-7-4-8-18(20(17)23-19)22(25)27-2/h3-5,7-12,15-16,19,23H,6H2,1-2H3. The highest BCUT2D eigenvalue weighted by Crippen LogP contribution is 2.50. The Balaban J connectivity index is 1.74. The average molecular weight is 363 g/mol. The van der Waals surface area contributed by atoms with Gasteiger partial charge < -0.3 is 14.8 Å². The van der Waals surface area contributed by atoms with E-state index in [1.807, 2.05) is 18.2 Å². The minimum absolute atomic E-state index is 0.0370. The van der Waals surface area contributed by atoms with Crippen LogP contribution in [0, 0.1) is 5.92 Å². The van der Waals surface area contributed by atoms with Crippen LogP contribution < -0.4 is 5.32 Å². The molecule has 0 saturated heterocycles. The van der Waals surface area contributed by atoms with Crippen LogP contribution in [0.1, 0.15) is 50.2 Å². The highest BCUT2D eigenvalue weighted by molar-refractivity contribution is 5.97. The van der Waals surface area contributed by atoms with Gasteiger partial charge in [-0.2, -0.15) is 0 Å². The van der Waals surface area contributed by atoms with Crippen molar-refractivity contribution in [3.63, 3.8) is 0 Å². The van der Waals surface area contributed by atoms with E-state index in [9.17, 15) is 9.59 Å². The van der Waals surface area contributed by atoms with Crippen LogP contribution in [0.25, 0.3) is 0 Å². The summed E-state index contributed by atoms with van der Waals surface area (Å²) in [5.74, 6) is -0.0954. The first-order valence-electron chi connectivity index (χ1n) is 8.96. The predicted molar refractivity (Wildman–Crippen MR) is 102 cm³/mol. The predicted octanol–water partition coefficient (Wildman–Crippen LogP) is 4.09. The van der Waals surface area contributed by atoms with Crippen molar-refractivity contribution in [2.75, 3.05) is 19.5 Å². The van der Waals surface area contributed by atoms with Crippen molar-refractivity contribution in [3.8, 4) is 0 Å². The monoisotopic (exact) mass is 363 g/mol. The molecule has 138 valence electrons. The summed E-state index contributed by atoms with van der Waals surface area (Å²) < 4.78 is 9.74. The quantitative estimate of drug-likeness (QED) is 0.657. The number of esters is 2. The fourth-order valence-electron chi connectivity index (χ4n) is 4.18. The minimum Gasteiger partial charge on any atom is -0.465 e. The Morgan fingerprint density at radius 3 is 2.44 bits per heavy atom. The second-order valence-electron chi connectivity index (χ2n) is 6.85. The molecule has 0 fully saturated rings. The SMILES string of the molecule is COC(=O)c1ccc(C2Nc3c(C(=O)OC)cccc3C3C=CCC32)cc1. The summed E-state index contributed by atoms with van der Waals surface area (Å²) in [6.45, 7) is 0. The summed E-state index contributed by atoms with van der Waals surface area (Å²) in [4.78, 5) is 23.9. The number of hydrogen-bond donors (Lipinski definition) is 1. The largest absolute Gasteiger partial charge is 0.465 e. The van der Waals surface area contributed by atoms with E-state index in [0.717, 1.165) is 23.2 Å². The minimum atomic E-state index is -0.350. The van der Waals surface area contributed by atoms with Crippen LogP contribution in [0.15, 0.2) is 54.6 Å². The van der Waals surface area contributed by atoms with E-state index in [4.69, 9.17) is 9.47 Å². The normalized spacial score (nSPS) is 22.4. The number of fused-ring (bicyclic) bond motifs is 3. The van der Waals surface area contributed by atoms with Crippen LogP contribution in [-0.4, -0.2) is 26.2 Å². The van der Waals surface area contributed by atoms with Gasteiger partial charge in [-0.25, -0.2) is 9.59 Å². The summed E-state index contributed by atoms with van der Waals surface area (Å²) in [5.41, 5.74) is 4.10. The number of carbonyl (C=O) groups is 2. The Morgan fingerprint density at radius 1 is 1.00 bits per heavy atom. The second-order valence-corrected chi connectivity index (χ2v) is 6.85. The number of rotatable bonds is 3. The van der Waals surface area contributed by atoms with Crippen LogP contribution in [0.5, 0.6) is 0 Å². The molecule has 0 bridgehead atoms. The van der Waals surface area contributed by atoms with Crippen LogP contribution >= 0.6 is 0 Å². The molecule has 3 unspecified atom stereocenters. The number of methoxy groups -OCH3 is 2. The van der Waals surface area contributed by atoms with E-state index in [1.54, 1.807) is 18.2 Å². The van der Waals surface area contributed by atoms with E-state index in [2.05, 4.69) is 23.5 Å². The zero-order valence-electron chi connectivity index (χ0n) is 15.3. The van der Waals surface area contributed by atoms with Gasteiger partial charge in [-0.15, -0.1) is 0 Å². The maximum atomic E-state index is 12.2. The molecule has 5 nitrogen and oxygen atoms in total. The van der Waals surface area contributed by atoms with Gasteiger partial charge in [0.1, 0.15) is 0 Å². The fraction of sp³-hybridized carbons (Fsp3) is 0.273. The van der Waals surface area contributed by atoms with Gasteiger partial charge in [0.2, 0.25) is 0 Å². The van der Waals surface area contributed by atoms with Crippen LogP contribution in [0.4, 0.5) is 5.69 Å². The highest BCUT2D eigenvalue weighted by atomic mass is 16.5. The van der Waals surface area contributed by atoms with Gasteiger partial charge in [-0.1, -0.05) is 36.4 Å². The number of ether oxygens (including phenoxy) is 2. The molecular formula is C22H21NO4. The highest BCUT2D eigenvalue weighted by Gasteiger charge is 2.39. The summed E-state index contributed by atoms with van der Waals surface area (Å²) in [6.07, 6.45) is 5.39. The van der Waals surface area contributed by atoms with Gasteiger partial charge >= 0.3 is 11.9 Å². The summed E-state index contributed by atoms with van der Waals surface area (Å²) >= 11 is 0. The molecule has 1 N–H and O–H groups in total. The van der Waals surface area contributed by atoms with Crippen LogP contribution in [0.2, 0.25) is 0 Å². The number of hydrogen-bond acceptors (Lipinski definition) is 5. The van der Waals surface area contributed by atoms with Crippen LogP contribution in [-0.2, 0) is 9.47 Å². The Bertz CT molecular complexity index is 916. The fourth-order valence-corrected chi connectivity index (χ4v) is 4.18. The number of allylic oxidation sites excluding steroid dienone is 2. The lowest BCUT2D eigenvalue weighted by Gasteiger charge is -2.38. The number of anilines is 1. The summed E-state index contributed by atoms with van der Waals surface area (Å²) in [6, 6.07) is 13.3. The average Bonchev–Trinajstić information content (AvgIpc) is 3.22. The topological polar surface area (TPSA) is 64.6 Å². The third-order valence-corrected chi connectivity index (χ3v) is 5.49. The molecule has 1 aliphatic carbocycles. The van der Waals surface area contributed by atoms with Gasteiger partial charge in [0.05, 0.1) is 37.1 Å². The maximum absolute atomic E-state index is 12.2. The van der Waals surface area contributed by atoms with Crippen LogP contribution in [0.3, 0.4) is 0 Å². The third kappa shape index (κ3) is 2.89. The molecule has 1 heterocycles. The van der Waals surface area contributed by atoms with Crippen molar-refractivity contribution in [2.24, 2.45) is 5.92 Å². The first kappa shape index (κ1) is 17.3. The number of carbonyl (C=O) groups excluding carboxylic acids is 2. The Morgan fingerprint density at radius 2 is 1.74 bits per heavy atom. The van der Waals surface area contributed by atoms with E-state index >= 15 is 0 Å². The first-order chi connectivity index (χ1) is 13.1. The van der Waals surface area contributed by atoms with Gasteiger partial charge in [-0.3, -0.25) is 0 Å². The van der Waals surface area contributed by atoms with Crippen molar-refractivity contribution < 1.29 is 19.1 Å². The second kappa shape index (κ2) is 6.91. The van der Waals surface area contributed by atoms with Crippen molar-refractivity contribution >= 4 is 17.6 Å². The lowest BCUT2D eigenvalue weighted by molar-refractivity contribution is 0.0592. The molecule has 2 aromatic rings.